The normalized spacial score (nSPS) is 14.1. The Bertz CT molecular complexity index is 804. The van der Waals surface area contributed by atoms with Gasteiger partial charge in [-0.15, -0.1) is 0 Å². The smallest absolute Gasteiger partial charge is 0.271 e. The van der Waals surface area contributed by atoms with Crippen molar-refractivity contribution in [1.82, 2.24) is 20.2 Å². The van der Waals surface area contributed by atoms with E-state index in [1.165, 1.54) is 6.20 Å². The molecule has 1 aromatic heterocycles. The lowest BCUT2D eigenvalue weighted by molar-refractivity contribution is -0.131. The number of rotatable bonds is 5. The fourth-order valence-electron chi connectivity index (χ4n) is 2.93. The first-order chi connectivity index (χ1) is 13.0. The molecule has 142 valence electrons. The van der Waals surface area contributed by atoms with Gasteiger partial charge in [0.15, 0.2) is 0 Å². The second-order valence-corrected chi connectivity index (χ2v) is 6.83. The van der Waals surface area contributed by atoms with E-state index in [1.807, 2.05) is 29.2 Å². The molecule has 0 aliphatic carbocycles. The fourth-order valence-corrected chi connectivity index (χ4v) is 3.11. The molecular weight excluding hydrogens is 366 g/mol. The molecule has 1 aliphatic rings. The van der Waals surface area contributed by atoms with Crippen LogP contribution in [0.25, 0.3) is 0 Å². The van der Waals surface area contributed by atoms with Crippen LogP contribution in [0.4, 0.5) is 5.69 Å². The number of aromatic nitrogens is 2. The molecule has 27 heavy (non-hydrogen) atoms. The largest absolute Gasteiger partial charge is 0.368 e. The summed E-state index contributed by atoms with van der Waals surface area (Å²) in [6, 6.07) is 7.73. The Hall–Kier alpha value is -2.67. The van der Waals surface area contributed by atoms with Crippen molar-refractivity contribution in [3.05, 3.63) is 53.1 Å². The summed E-state index contributed by atoms with van der Waals surface area (Å²) in [4.78, 5) is 36.5. The Morgan fingerprint density at radius 3 is 2.59 bits per heavy atom. The predicted octanol–water partition coefficient (Wildman–Crippen LogP) is 1.91. The van der Waals surface area contributed by atoms with E-state index >= 15 is 0 Å². The van der Waals surface area contributed by atoms with Gasteiger partial charge in [-0.25, -0.2) is 4.98 Å². The minimum atomic E-state index is -0.318. The van der Waals surface area contributed by atoms with Gasteiger partial charge in [-0.2, -0.15) is 0 Å². The molecule has 0 saturated carbocycles. The number of carbonyl (C=O) groups excluding carboxylic acids is 2. The van der Waals surface area contributed by atoms with Gasteiger partial charge in [0.1, 0.15) is 5.69 Å². The summed E-state index contributed by atoms with van der Waals surface area (Å²) < 4.78 is 0. The monoisotopic (exact) mass is 387 g/mol. The summed E-state index contributed by atoms with van der Waals surface area (Å²) in [5, 5.41) is 3.42. The van der Waals surface area contributed by atoms with Crippen LogP contribution in [0, 0.1) is 6.92 Å². The first kappa shape index (κ1) is 19.1. The third-order valence-electron chi connectivity index (χ3n) is 4.44. The van der Waals surface area contributed by atoms with E-state index in [2.05, 4.69) is 20.2 Å². The molecule has 3 rings (SSSR count). The minimum Gasteiger partial charge on any atom is -0.368 e. The van der Waals surface area contributed by atoms with E-state index in [1.54, 1.807) is 13.1 Å². The van der Waals surface area contributed by atoms with Gasteiger partial charge < -0.3 is 15.1 Å². The lowest BCUT2D eigenvalue weighted by Gasteiger charge is -2.36. The first-order valence-corrected chi connectivity index (χ1v) is 9.26. The van der Waals surface area contributed by atoms with Crippen LogP contribution >= 0.6 is 11.6 Å². The van der Waals surface area contributed by atoms with Crippen molar-refractivity contribution in [1.29, 1.82) is 0 Å². The lowest BCUT2D eigenvalue weighted by atomic mass is 10.2. The van der Waals surface area contributed by atoms with Crippen LogP contribution in [-0.2, 0) is 4.79 Å². The number of amides is 2. The van der Waals surface area contributed by atoms with Gasteiger partial charge in [0.25, 0.3) is 5.91 Å². The van der Waals surface area contributed by atoms with Crippen molar-refractivity contribution < 1.29 is 9.59 Å². The quantitative estimate of drug-likeness (QED) is 0.847. The van der Waals surface area contributed by atoms with E-state index in [9.17, 15) is 9.59 Å². The molecular formula is C19H22ClN5O2. The van der Waals surface area contributed by atoms with Gasteiger partial charge in [0.2, 0.25) is 5.91 Å². The van der Waals surface area contributed by atoms with E-state index in [-0.39, 0.29) is 30.5 Å². The number of benzene rings is 1. The third kappa shape index (κ3) is 5.17. The number of piperazine rings is 1. The summed E-state index contributed by atoms with van der Waals surface area (Å²) in [5.74, 6) is -0.280. The van der Waals surface area contributed by atoms with Gasteiger partial charge >= 0.3 is 0 Å². The van der Waals surface area contributed by atoms with Gasteiger partial charge in [-0.05, 0) is 25.1 Å². The maximum atomic E-state index is 12.4. The maximum Gasteiger partial charge on any atom is 0.271 e. The number of hydrogen-bond acceptors (Lipinski definition) is 5. The van der Waals surface area contributed by atoms with Crippen LogP contribution in [0.1, 0.15) is 22.6 Å². The Kier molecular flexibility index (Phi) is 6.24. The average molecular weight is 388 g/mol. The van der Waals surface area contributed by atoms with E-state index in [4.69, 9.17) is 11.6 Å². The molecule has 1 aromatic carbocycles. The Balaban J connectivity index is 1.42. The summed E-state index contributed by atoms with van der Waals surface area (Å²) in [6.45, 7) is 4.92. The van der Waals surface area contributed by atoms with Crippen LogP contribution in [-0.4, -0.2) is 59.4 Å². The average Bonchev–Trinajstić information content (AvgIpc) is 2.68. The molecule has 8 heteroatoms. The highest BCUT2D eigenvalue weighted by Gasteiger charge is 2.21. The van der Waals surface area contributed by atoms with Crippen molar-refractivity contribution in [3.63, 3.8) is 0 Å². The van der Waals surface area contributed by atoms with Gasteiger partial charge in [0, 0.05) is 56.1 Å². The molecule has 2 aromatic rings. The molecule has 1 N–H and O–H groups in total. The first-order valence-electron chi connectivity index (χ1n) is 8.88. The SMILES string of the molecule is Cc1cnc(C(=O)NCCC(=O)N2CCN(c3cccc(Cl)c3)CC2)cn1. The topological polar surface area (TPSA) is 78.4 Å². The van der Waals surface area contributed by atoms with E-state index in [0.717, 1.165) is 24.5 Å². The van der Waals surface area contributed by atoms with Gasteiger partial charge in [-0.3, -0.25) is 14.6 Å². The summed E-state index contributed by atoms with van der Waals surface area (Å²) >= 11 is 6.04. The highest BCUT2D eigenvalue weighted by molar-refractivity contribution is 6.30. The Morgan fingerprint density at radius 2 is 1.93 bits per heavy atom. The molecule has 0 unspecified atom stereocenters. The lowest BCUT2D eigenvalue weighted by Crippen LogP contribution is -2.49. The molecule has 0 radical (unpaired) electrons. The van der Waals surface area contributed by atoms with Crippen LogP contribution in [0.2, 0.25) is 5.02 Å². The second kappa shape index (κ2) is 8.81. The zero-order chi connectivity index (χ0) is 19.2. The van der Waals surface area contributed by atoms with Crippen LogP contribution in [0.3, 0.4) is 0 Å². The van der Waals surface area contributed by atoms with Crippen molar-refractivity contribution in [2.45, 2.75) is 13.3 Å². The highest BCUT2D eigenvalue weighted by Crippen LogP contribution is 2.20. The van der Waals surface area contributed by atoms with E-state index < -0.39 is 0 Å². The zero-order valence-electron chi connectivity index (χ0n) is 15.2. The molecule has 0 bridgehead atoms. The Morgan fingerprint density at radius 1 is 1.15 bits per heavy atom. The van der Waals surface area contributed by atoms with Crippen molar-refractivity contribution in [3.8, 4) is 0 Å². The number of halogens is 1. The predicted molar refractivity (Wildman–Crippen MR) is 104 cm³/mol. The number of anilines is 1. The molecule has 1 aliphatic heterocycles. The number of aryl methyl sites for hydroxylation is 1. The molecule has 1 saturated heterocycles. The van der Waals surface area contributed by atoms with E-state index in [0.29, 0.717) is 18.1 Å². The number of carbonyl (C=O) groups is 2. The zero-order valence-corrected chi connectivity index (χ0v) is 15.9. The third-order valence-corrected chi connectivity index (χ3v) is 4.68. The molecule has 0 spiro atoms. The van der Waals surface area contributed by atoms with Gasteiger partial charge in [-0.1, -0.05) is 17.7 Å². The van der Waals surface area contributed by atoms with Crippen molar-refractivity contribution >= 4 is 29.1 Å². The number of hydrogen-bond donors (Lipinski definition) is 1. The van der Waals surface area contributed by atoms with Crippen LogP contribution < -0.4 is 10.2 Å². The van der Waals surface area contributed by atoms with Crippen LogP contribution in [0.5, 0.6) is 0 Å². The summed E-state index contributed by atoms with van der Waals surface area (Å²) in [7, 11) is 0. The minimum absolute atomic E-state index is 0.0380. The Labute approximate surface area is 163 Å². The maximum absolute atomic E-state index is 12.4. The summed E-state index contributed by atoms with van der Waals surface area (Å²) in [6.07, 6.45) is 3.24. The molecule has 0 atom stereocenters. The molecule has 1 fully saturated rings. The van der Waals surface area contributed by atoms with Crippen molar-refractivity contribution in [2.75, 3.05) is 37.6 Å². The standard InChI is InChI=1S/C19H22ClN5O2/c1-14-12-23-17(13-22-14)19(27)21-6-5-18(26)25-9-7-24(8-10-25)16-4-2-3-15(20)11-16/h2-4,11-13H,5-10H2,1H3,(H,21,27). The van der Waals surface area contributed by atoms with Crippen molar-refractivity contribution in [2.24, 2.45) is 0 Å². The molecule has 7 nitrogen and oxygen atoms in total. The summed E-state index contributed by atoms with van der Waals surface area (Å²) in [5.41, 5.74) is 2.07. The molecule has 2 heterocycles. The fraction of sp³-hybridized carbons (Fsp3) is 0.368. The number of nitrogens with zero attached hydrogens (tertiary/aromatic N) is 4. The second-order valence-electron chi connectivity index (χ2n) is 6.40. The number of nitrogens with one attached hydrogen (secondary N) is 1. The highest BCUT2D eigenvalue weighted by atomic mass is 35.5. The molecule has 2 amide bonds. The van der Waals surface area contributed by atoms with Crippen LogP contribution in [0.15, 0.2) is 36.7 Å². The van der Waals surface area contributed by atoms with Gasteiger partial charge in [0.05, 0.1) is 11.9 Å².